The van der Waals surface area contributed by atoms with Crippen molar-refractivity contribution in [1.29, 1.82) is 0 Å². The molecule has 0 radical (unpaired) electrons. The summed E-state index contributed by atoms with van der Waals surface area (Å²) < 4.78 is 46.7. The van der Waals surface area contributed by atoms with Gasteiger partial charge in [0.15, 0.2) is 0 Å². The van der Waals surface area contributed by atoms with Gasteiger partial charge in [-0.3, -0.25) is 4.79 Å². The van der Waals surface area contributed by atoms with Gasteiger partial charge in [-0.2, -0.15) is 13.2 Å². The van der Waals surface area contributed by atoms with E-state index in [4.69, 9.17) is 27.9 Å². The number of anilines is 1. The van der Waals surface area contributed by atoms with Gasteiger partial charge in [-0.05, 0) is 61.1 Å². The second kappa shape index (κ2) is 10.4. The fourth-order valence-electron chi connectivity index (χ4n) is 3.98. The van der Waals surface area contributed by atoms with E-state index in [2.05, 4.69) is 5.32 Å². The summed E-state index contributed by atoms with van der Waals surface area (Å²) in [6.07, 6.45) is -1.45. The minimum Gasteiger partial charge on any atom is -0.374 e. The zero-order chi connectivity index (χ0) is 23.5. The summed E-state index contributed by atoms with van der Waals surface area (Å²) in [5, 5.41) is 3.26. The van der Waals surface area contributed by atoms with Crippen LogP contribution in [0.1, 0.15) is 56.3 Å². The predicted molar refractivity (Wildman–Crippen MR) is 121 cm³/mol. The smallest absolute Gasteiger partial charge is 0.374 e. The molecule has 1 aliphatic carbocycles. The van der Waals surface area contributed by atoms with Gasteiger partial charge in [0, 0.05) is 11.6 Å². The molecule has 1 unspecified atom stereocenters. The molecular formula is C24H26Cl2F3NO2. The molecule has 8 heteroatoms. The lowest BCUT2D eigenvalue weighted by atomic mass is 9.78. The van der Waals surface area contributed by atoms with Crippen LogP contribution in [0.15, 0.2) is 42.5 Å². The average Bonchev–Trinajstić information content (AvgIpc) is 2.69. The van der Waals surface area contributed by atoms with Crippen molar-refractivity contribution < 1.29 is 22.7 Å². The van der Waals surface area contributed by atoms with Gasteiger partial charge in [-0.1, -0.05) is 54.7 Å². The van der Waals surface area contributed by atoms with Crippen molar-refractivity contribution in [3.8, 4) is 0 Å². The Morgan fingerprint density at radius 2 is 1.75 bits per heavy atom. The molecule has 0 aromatic heterocycles. The second-order valence-corrected chi connectivity index (χ2v) is 9.00. The highest BCUT2D eigenvalue weighted by Crippen LogP contribution is 2.42. The van der Waals surface area contributed by atoms with Crippen molar-refractivity contribution >= 4 is 34.8 Å². The Bertz CT molecular complexity index is 930. The Balaban J connectivity index is 1.90. The van der Waals surface area contributed by atoms with Crippen LogP contribution >= 0.6 is 23.2 Å². The number of ether oxygens (including phenoxy) is 1. The number of rotatable bonds is 8. The van der Waals surface area contributed by atoms with Crippen LogP contribution in [0.5, 0.6) is 0 Å². The number of benzene rings is 2. The van der Waals surface area contributed by atoms with Crippen LogP contribution in [0.25, 0.3) is 0 Å². The number of amides is 1. The van der Waals surface area contributed by atoms with Gasteiger partial charge in [-0.15, -0.1) is 0 Å². The van der Waals surface area contributed by atoms with Gasteiger partial charge in [0.05, 0.1) is 28.6 Å². The molecule has 32 heavy (non-hydrogen) atoms. The quantitative estimate of drug-likeness (QED) is 0.412. The maximum atomic E-state index is 13.6. The summed E-state index contributed by atoms with van der Waals surface area (Å²) in [6, 6.07) is 11.0. The molecule has 0 saturated heterocycles. The zero-order valence-electron chi connectivity index (χ0n) is 17.9. The minimum atomic E-state index is -4.56. The average molecular weight is 488 g/mol. The van der Waals surface area contributed by atoms with E-state index in [1.807, 2.05) is 13.0 Å². The molecule has 2 aromatic carbocycles. The molecule has 1 amide bonds. The summed E-state index contributed by atoms with van der Waals surface area (Å²) in [5.74, 6) is -3.77. The van der Waals surface area contributed by atoms with Crippen LogP contribution in [0, 0.1) is 11.8 Å². The van der Waals surface area contributed by atoms with Gasteiger partial charge in [0.25, 0.3) is 0 Å². The van der Waals surface area contributed by atoms with Crippen LogP contribution < -0.4 is 5.32 Å². The maximum Gasteiger partial charge on any atom is 0.392 e. The Labute approximate surface area is 196 Å². The molecule has 0 bridgehead atoms. The summed E-state index contributed by atoms with van der Waals surface area (Å²) >= 11 is 12.2. The Hall–Kier alpha value is -1.76. The lowest BCUT2D eigenvalue weighted by Crippen LogP contribution is -2.34. The van der Waals surface area contributed by atoms with E-state index in [9.17, 15) is 18.0 Å². The van der Waals surface area contributed by atoms with E-state index in [1.165, 1.54) is 24.3 Å². The molecule has 3 atom stereocenters. The van der Waals surface area contributed by atoms with Gasteiger partial charge in [0.1, 0.15) is 0 Å². The zero-order valence-corrected chi connectivity index (χ0v) is 19.4. The molecule has 2 aromatic rings. The van der Waals surface area contributed by atoms with E-state index in [0.29, 0.717) is 17.5 Å². The molecule has 1 aliphatic rings. The first-order chi connectivity index (χ1) is 15.1. The van der Waals surface area contributed by atoms with Crippen molar-refractivity contribution in [2.75, 3.05) is 11.9 Å². The summed E-state index contributed by atoms with van der Waals surface area (Å²) in [5.41, 5.74) is 1.35. The number of nitrogens with one attached hydrogen (secondary N) is 1. The molecule has 174 valence electrons. The van der Waals surface area contributed by atoms with Crippen LogP contribution in [0.3, 0.4) is 0 Å². The Morgan fingerprint density at radius 3 is 2.28 bits per heavy atom. The molecule has 3 nitrogen and oxygen atoms in total. The van der Waals surface area contributed by atoms with E-state index in [-0.39, 0.29) is 22.4 Å². The van der Waals surface area contributed by atoms with Gasteiger partial charge in [0.2, 0.25) is 5.91 Å². The molecule has 1 N–H and O–H groups in total. The van der Waals surface area contributed by atoms with E-state index < -0.39 is 23.9 Å². The standard InChI is InChI=1S/C24H26Cl2F3NO2/c1-3-32-22(16-5-4-6-16)17-9-12-19(26)20(13-17)30-23(31)21(14(2)24(27,28)29)15-7-10-18(25)11-8-15/h7-14,16,21-22H,3-6H2,1-2H3,(H,30,31)/t14-,21+,22?/m1/s1. The third kappa shape index (κ3) is 5.77. The van der Waals surface area contributed by atoms with Crippen molar-refractivity contribution in [2.45, 2.75) is 51.3 Å². The third-order valence-corrected chi connectivity index (χ3v) is 6.61. The molecule has 0 spiro atoms. The molecule has 1 saturated carbocycles. The van der Waals surface area contributed by atoms with E-state index in [1.54, 1.807) is 12.1 Å². The lowest BCUT2D eigenvalue weighted by Gasteiger charge is -2.34. The highest BCUT2D eigenvalue weighted by atomic mass is 35.5. The molecule has 0 aliphatic heterocycles. The van der Waals surface area contributed by atoms with Crippen LogP contribution in [0.2, 0.25) is 10.0 Å². The largest absolute Gasteiger partial charge is 0.392 e. The summed E-state index contributed by atoms with van der Waals surface area (Å²) in [4.78, 5) is 13.1. The maximum absolute atomic E-state index is 13.6. The highest BCUT2D eigenvalue weighted by Gasteiger charge is 2.45. The first-order valence-electron chi connectivity index (χ1n) is 10.7. The monoisotopic (exact) mass is 487 g/mol. The van der Waals surface area contributed by atoms with Gasteiger partial charge in [-0.25, -0.2) is 0 Å². The lowest BCUT2D eigenvalue weighted by molar-refractivity contribution is -0.178. The van der Waals surface area contributed by atoms with Crippen molar-refractivity contribution in [1.82, 2.24) is 0 Å². The number of halogens is 5. The predicted octanol–water partition coefficient (Wildman–Crippen LogP) is 7.79. The Morgan fingerprint density at radius 1 is 1.12 bits per heavy atom. The van der Waals surface area contributed by atoms with Crippen molar-refractivity contribution in [2.24, 2.45) is 11.8 Å². The first kappa shape index (κ1) is 24.9. The van der Waals surface area contributed by atoms with E-state index >= 15 is 0 Å². The molecule has 3 rings (SSSR count). The van der Waals surface area contributed by atoms with Crippen LogP contribution in [-0.4, -0.2) is 18.7 Å². The number of carbonyl (C=O) groups is 1. The fraction of sp³-hybridized carbons (Fsp3) is 0.458. The molecule has 1 fully saturated rings. The topological polar surface area (TPSA) is 38.3 Å². The second-order valence-electron chi connectivity index (χ2n) is 8.15. The molecule has 0 heterocycles. The number of hydrogen-bond donors (Lipinski definition) is 1. The number of hydrogen-bond acceptors (Lipinski definition) is 2. The highest BCUT2D eigenvalue weighted by molar-refractivity contribution is 6.33. The van der Waals surface area contributed by atoms with Gasteiger partial charge >= 0.3 is 6.18 Å². The van der Waals surface area contributed by atoms with Crippen molar-refractivity contribution in [3.05, 3.63) is 63.6 Å². The number of alkyl halides is 3. The summed E-state index contributed by atoms with van der Waals surface area (Å²) in [6.45, 7) is 3.45. The third-order valence-electron chi connectivity index (χ3n) is 6.03. The molecular weight excluding hydrogens is 462 g/mol. The summed E-state index contributed by atoms with van der Waals surface area (Å²) in [7, 11) is 0. The first-order valence-corrected chi connectivity index (χ1v) is 11.4. The van der Waals surface area contributed by atoms with Crippen LogP contribution in [0.4, 0.5) is 18.9 Å². The van der Waals surface area contributed by atoms with Gasteiger partial charge < -0.3 is 10.1 Å². The van der Waals surface area contributed by atoms with Crippen LogP contribution in [-0.2, 0) is 9.53 Å². The van der Waals surface area contributed by atoms with E-state index in [0.717, 1.165) is 31.7 Å². The fourth-order valence-corrected chi connectivity index (χ4v) is 4.27. The Kier molecular flexibility index (Phi) is 8.12. The number of carbonyl (C=O) groups excluding carboxylic acids is 1. The SMILES string of the molecule is CCOC(c1ccc(Cl)c(NC(=O)[C@H](c2ccc(Cl)cc2)[C@@H](C)C(F)(F)F)c1)C1CCC1. The minimum absolute atomic E-state index is 0.136. The normalized spacial score (nSPS) is 17.3. The van der Waals surface area contributed by atoms with Crippen molar-refractivity contribution in [3.63, 3.8) is 0 Å².